The lowest BCUT2D eigenvalue weighted by Crippen LogP contribution is -2.28. The first-order valence-electron chi connectivity index (χ1n) is 4.19. The van der Waals surface area contributed by atoms with Gasteiger partial charge in [0.15, 0.2) is 9.84 Å². The van der Waals surface area contributed by atoms with Crippen molar-refractivity contribution in [2.75, 3.05) is 24.6 Å². The van der Waals surface area contributed by atoms with Gasteiger partial charge in [0, 0.05) is 0 Å². The van der Waals surface area contributed by atoms with Gasteiger partial charge in [0.25, 0.3) is 0 Å². The molecule has 1 amide bonds. The lowest BCUT2D eigenvalue weighted by atomic mass is 10.2. The number of hydrogen-bond donors (Lipinski definition) is 2. The van der Waals surface area contributed by atoms with Crippen molar-refractivity contribution in [3.8, 4) is 0 Å². The van der Waals surface area contributed by atoms with Gasteiger partial charge in [-0.2, -0.15) is 0 Å². The second kappa shape index (κ2) is 4.06. The number of carbonyl (C=O) groups is 1. The summed E-state index contributed by atoms with van der Waals surface area (Å²) >= 11 is 0. The van der Waals surface area contributed by atoms with E-state index in [1.165, 1.54) is 0 Å². The van der Waals surface area contributed by atoms with Crippen LogP contribution in [0.1, 0.15) is 6.42 Å². The first-order chi connectivity index (χ1) is 5.99. The molecule has 3 N–H and O–H groups in total. The molecule has 0 radical (unpaired) electrons. The maximum absolute atomic E-state index is 11.3. The maximum Gasteiger partial charge on any atom is 0.232 e. The fourth-order valence-corrected chi connectivity index (χ4v) is 3.05. The Morgan fingerprint density at radius 3 is 2.69 bits per heavy atom. The molecule has 76 valence electrons. The van der Waals surface area contributed by atoms with E-state index in [-0.39, 0.29) is 11.7 Å². The molecule has 5 nitrogen and oxygen atoms in total. The van der Waals surface area contributed by atoms with E-state index in [1.807, 2.05) is 0 Å². The van der Waals surface area contributed by atoms with E-state index in [0.717, 1.165) is 19.5 Å². The Labute approximate surface area is 77.6 Å². The van der Waals surface area contributed by atoms with Crippen LogP contribution in [0.25, 0.3) is 0 Å². The van der Waals surface area contributed by atoms with Crippen molar-refractivity contribution in [3.05, 3.63) is 0 Å². The average Bonchev–Trinajstić information content (AvgIpc) is 2.34. The van der Waals surface area contributed by atoms with Gasteiger partial charge < -0.3 is 11.1 Å². The standard InChI is InChI=1S/C7H14N2O3S/c8-7(10)5-13(11,12)4-6-1-2-9-3-6/h6,9H,1-5H2,(H2,8,10). The Hall–Kier alpha value is -0.620. The minimum absolute atomic E-state index is 0.0724. The van der Waals surface area contributed by atoms with Crippen molar-refractivity contribution in [3.63, 3.8) is 0 Å². The summed E-state index contributed by atoms with van der Waals surface area (Å²) in [6, 6.07) is 0. The molecular weight excluding hydrogens is 192 g/mol. The van der Waals surface area contributed by atoms with Gasteiger partial charge in [0.05, 0.1) is 5.75 Å². The number of amides is 1. The quantitative estimate of drug-likeness (QED) is 0.585. The molecule has 0 aromatic rings. The molecule has 0 bridgehead atoms. The number of nitrogens with two attached hydrogens (primary N) is 1. The fourth-order valence-electron chi connectivity index (χ4n) is 1.49. The zero-order valence-electron chi connectivity index (χ0n) is 7.32. The molecule has 13 heavy (non-hydrogen) atoms. The largest absolute Gasteiger partial charge is 0.369 e. The van der Waals surface area contributed by atoms with Crippen LogP contribution in [0.2, 0.25) is 0 Å². The zero-order valence-corrected chi connectivity index (χ0v) is 8.14. The molecule has 1 aliphatic heterocycles. The number of nitrogens with one attached hydrogen (secondary N) is 1. The van der Waals surface area contributed by atoms with E-state index in [4.69, 9.17) is 5.73 Å². The SMILES string of the molecule is NC(=O)CS(=O)(=O)CC1CCNC1. The van der Waals surface area contributed by atoms with Crippen molar-refractivity contribution in [1.29, 1.82) is 0 Å². The summed E-state index contributed by atoms with van der Waals surface area (Å²) in [5.74, 6) is -1.08. The predicted octanol–water partition coefficient (Wildman–Crippen LogP) is -1.50. The van der Waals surface area contributed by atoms with E-state index in [9.17, 15) is 13.2 Å². The summed E-state index contributed by atoms with van der Waals surface area (Å²) in [5, 5.41) is 3.07. The van der Waals surface area contributed by atoms with Crippen molar-refractivity contribution in [2.45, 2.75) is 6.42 Å². The van der Waals surface area contributed by atoms with Gasteiger partial charge in [-0.05, 0) is 25.4 Å². The summed E-state index contributed by atoms with van der Waals surface area (Å²) in [6.07, 6.45) is 0.859. The Morgan fingerprint density at radius 1 is 1.54 bits per heavy atom. The predicted molar refractivity (Wildman–Crippen MR) is 48.8 cm³/mol. The highest BCUT2D eigenvalue weighted by atomic mass is 32.2. The van der Waals surface area contributed by atoms with Crippen LogP contribution in [0.15, 0.2) is 0 Å². The summed E-state index contributed by atoms with van der Waals surface area (Å²) in [5.41, 5.74) is 4.82. The van der Waals surface area contributed by atoms with Gasteiger partial charge in [0.2, 0.25) is 5.91 Å². The lowest BCUT2D eigenvalue weighted by Gasteiger charge is -2.07. The first-order valence-corrected chi connectivity index (χ1v) is 6.01. The van der Waals surface area contributed by atoms with Crippen molar-refractivity contribution < 1.29 is 13.2 Å². The van der Waals surface area contributed by atoms with Gasteiger partial charge in [0.1, 0.15) is 5.75 Å². The van der Waals surface area contributed by atoms with Gasteiger partial charge in [-0.15, -0.1) is 0 Å². The van der Waals surface area contributed by atoms with Gasteiger partial charge in [-0.1, -0.05) is 0 Å². The smallest absolute Gasteiger partial charge is 0.232 e. The van der Waals surface area contributed by atoms with E-state index in [1.54, 1.807) is 0 Å². The van der Waals surface area contributed by atoms with Crippen LogP contribution >= 0.6 is 0 Å². The molecule has 1 saturated heterocycles. The van der Waals surface area contributed by atoms with Gasteiger partial charge in [-0.3, -0.25) is 4.79 Å². The number of hydrogen-bond acceptors (Lipinski definition) is 4. The van der Waals surface area contributed by atoms with Gasteiger partial charge in [-0.25, -0.2) is 8.42 Å². The molecule has 1 fully saturated rings. The molecule has 0 aromatic heterocycles. The third-order valence-corrected chi connectivity index (χ3v) is 3.72. The Morgan fingerprint density at radius 2 is 2.23 bits per heavy atom. The number of primary amides is 1. The molecule has 1 aliphatic rings. The zero-order chi connectivity index (χ0) is 9.90. The van der Waals surface area contributed by atoms with E-state index in [2.05, 4.69) is 5.32 Å². The highest BCUT2D eigenvalue weighted by Crippen LogP contribution is 2.10. The molecule has 0 aliphatic carbocycles. The van der Waals surface area contributed by atoms with E-state index in [0.29, 0.717) is 0 Å². The molecular formula is C7H14N2O3S. The second-order valence-electron chi connectivity index (χ2n) is 3.38. The second-order valence-corrected chi connectivity index (χ2v) is 5.49. The first kappa shape index (κ1) is 10.5. The average molecular weight is 206 g/mol. The summed E-state index contributed by atoms with van der Waals surface area (Å²) < 4.78 is 22.5. The van der Waals surface area contributed by atoms with Crippen LogP contribution in [0.3, 0.4) is 0 Å². The molecule has 0 saturated carbocycles. The minimum atomic E-state index is -3.28. The minimum Gasteiger partial charge on any atom is -0.369 e. The normalized spacial score (nSPS) is 23.2. The summed E-state index contributed by atoms with van der Waals surface area (Å²) in [7, 11) is -3.28. The maximum atomic E-state index is 11.3. The topological polar surface area (TPSA) is 89.3 Å². The van der Waals surface area contributed by atoms with Crippen molar-refractivity contribution in [2.24, 2.45) is 11.7 Å². The number of carbonyl (C=O) groups excluding carboxylic acids is 1. The van der Waals surface area contributed by atoms with Crippen molar-refractivity contribution >= 4 is 15.7 Å². The third-order valence-electron chi connectivity index (χ3n) is 2.01. The third kappa shape index (κ3) is 3.73. The Bertz CT molecular complexity index is 280. The van der Waals surface area contributed by atoms with E-state index < -0.39 is 21.5 Å². The van der Waals surface area contributed by atoms with Crippen LogP contribution < -0.4 is 11.1 Å². The molecule has 0 aromatic carbocycles. The number of sulfone groups is 1. The van der Waals surface area contributed by atoms with Crippen LogP contribution in [-0.4, -0.2) is 38.9 Å². The number of rotatable bonds is 4. The lowest BCUT2D eigenvalue weighted by molar-refractivity contribution is -0.115. The molecule has 1 heterocycles. The summed E-state index contributed by atoms with van der Waals surface area (Å²) in [6.45, 7) is 1.58. The molecule has 1 atom stereocenters. The summed E-state index contributed by atoms with van der Waals surface area (Å²) in [4.78, 5) is 10.4. The highest BCUT2D eigenvalue weighted by molar-refractivity contribution is 7.92. The Balaban J connectivity index is 2.46. The molecule has 1 unspecified atom stereocenters. The van der Waals surface area contributed by atoms with E-state index >= 15 is 0 Å². The van der Waals surface area contributed by atoms with Gasteiger partial charge >= 0.3 is 0 Å². The highest BCUT2D eigenvalue weighted by Gasteiger charge is 2.23. The molecule has 6 heteroatoms. The Kier molecular flexibility index (Phi) is 3.27. The fraction of sp³-hybridized carbons (Fsp3) is 0.857. The van der Waals surface area contributed by atoms with Crippen LogP contribution in [0.5, 0.6) is 0 Å². The molecule has 1 rings (SSSR count). The van der Waals surface area contributed by atoms with Crippen LogP contribution in [0.4, 0.5) is 0 Å². The van der Waals surface area contributed by atoms with Crippen molar-refractivity contribution in [1.82, 2.24) is 5.32 Å². The van der Waals surface area contributed by atoms with Crippen LogP contribution in [0, 0.1) is 5.92 Å². The molecule has 0 spiro atoms. The van der Waals surface area contributed by atoms with Crippen LogP contribution in [-0.2, 0) is 14.6 Å². The monoisotopic (exact) mass is 206 g/mol.